The summed E-state index contributed by atoms with van der Waals surface area (Å²) in [6, 6.07) is 0. The van der Waals surface area contributed by atoms with E-state index in [9.17, 15) is 14.4 Å². The minimum absolute atomic E-state index is 0.0761. The molecule has 0 aromatic rings. The Hall–Kier alpha value is -2.37. The van der Waals surface area contributed by atoms with Crippen LogP contribution in [0.2, 0.25) is 0 Å². The van der Waals surface area contributed by atoms with Gasteiger partial charge in [0.05, 0.1) is 0 Å². The van der Waals surface area contributed by atoms with Crippen molar-refractivity contribution in [3.63, 3.8) is 0 Å². The van der Waals surface area contributed by atoms with Gasteiger partial charge in [-0.1, -0.05) is 308 Å². The third kappa shape index (κ3) is 60.5. The van der Waals surface area contributed by atoms with E-state index in [0.717, 1.165) is 83.5 Å². The summed E-state index contributed by atoms with van der Waals surface area (Å²) in [7, 11) is 0. The molecule has 0 radical (unpaired) electrons. The molecule has 0 aromatic heterocycles. The fourth-order valence-electron chi connectivity index (χ4n) is 9.87. The third-order valence-corrected chi connectivity index (χ3v) is 14.9. The minimum atomic E-state index is -0.780. The molecule has 0 aromatic carbocycles. The Labute approximate surface area is 461 Å². The average Bonchev–Trinajstić information content (AvgIpc) is 3.40. The van der Waals surface area contributed by atoms with Crippen molar-refractivity contribution in [2.45, 2.75) is 367 Å². The van der Waals surface area contributed by atoms with Crippen LogP contribution in [-0.4, -0.2) is 37.2 Å². The quantitative estimate of drug-likeness (QED) is 0.0261. The second kappa shape index (κ2) is 63.2. The van der Waals surface area contributed by atoms with Crippen LogP contribution in [0.4, 0.5) is 0 Å². The third-order valence-electron chi connectivity index (χ3n) is 14.9. The van der Waals surface area contributed by atoms with E-state index >= 15 is 0 Å². The van der Waals surface area contributed by atoms with Gasteiger partial charge >= 0.3 is 17.9 Å². The highest BCUT2D eigenvalue weighted by Gasteiger charge is 2.19. The summed E-state index contributed by atoms with van der Waals surface area (Å²) in [5, 5.41) is 0. The molecular weight excluding hydrogens is 913 g/mol. The molecule has 0 saturated heterocycles. The Kier molecular flexibility index (Phi) is 61.1. The van der Waals surface area contributed by atoms with E-state index in [2.05, 4.69) is 57.2 Å². The fraction of sp³-hybridized carbons (Fsp3) is 0.868. The zero-order valence-corrected chi connectivity index (χ0v) is 49.9. The molecule has 6 nitrogen and oxygen atoms in total. The van der Waals surface area contributed by atoms with Crippen molar-refractivity contribution < 1.29 is 28.6 Å². The van der Waals surface area contributed by atoms with Gasteiger partial charge in [-0.2, -0.15) is 0 Å². The standard InChI is InChI=1S/C68H126O6/c1-4-7-10-13-16-19-22-25-28-29-30-31-32-33-34-35-36-37-38-39-41-43-46-49-52-55-58-61-67(70)73-64-65(63-72-66(69)60-57-54-51-48-45-42-27-24-21-18-15-12-9-6-3)74-68(71)62-59-56-53-50-47-44-40-26-23-20-17-14-11-8-5-2/h15,18,24,26-27,40,65H,4-14,16-17,19-23,25,28-39,41-64H2,1-3H3/b18-15-,27-24-,40-26-. The van der Waals surface area contributed by atoms with E-state index < -0.39 is 6.10 Å². The Balaban J connectivity index is 4.20. The van der Waals surface area contributed by atoms with Gasteiger partial charge in [-0.3, -0.25) is 14.4 Å². The first-order chi connectivity index (χ1) is 36.5. The van der Waals surface area contributed by atoms with Gasteiger partial charge in [-0.15, -0.1) is 0 Å². The maximum atomic E-state index is 12.9. The van der Waals surface area contributed by atoms with E-state index in [1.807, 2.05) is 0 Å². The molecule has 0 N–H and O–H groups in total. The van der Waals surface area contributed by atoms with Gasteiger partial charge in [0.2, 0.25) is 0 Å². The molecule has 0 saturated carbocycles. The van der Waals surface area contributed by atoms with E-state index in [1.54, 1.807) is 0 Å². The zero-order chi connectivity index (χ0) is 53.6. The highest BCUT2D eigenvalue weighted by Crippen LogP contribution is 2.18. The van der Waals surface area contributed by atoms with Crippen molar-refractivity contribution in [1.29, 1.82) is 0 Å². The monoisotopic (exact) mass is 1040 g/mol. The predicted octanol–water partition coefficient (Wildman–Crippen LogP) is 22.4. The SMILES string of the molecule is CCCC/C=C\C/C=C\CCCCCCCC(=O)OCC(COC(=O)CCCCCCCCCCCCCCCCCCCCCCCCCCCCC)OC(=O)CCCCCCC/C=C\CCCCCCCC. The van der Waals surface area contributed by atoms with E-state index in [0.29, 0.717) is 19.3 Å². The van der Waals surface area contributed by atoms with Crippen LogP contribution in [0, 0.1) is 0 Å². The van der Waals surface area contributed by atoms with Gasteiger partial charge in [0.1, 0.15) is 13.2 Å². The van der Waals surface area contributed by atoms with Crippen molar-refractivity contribution in [2.24, 2.45) is 0 Å². The van der Waals surface area contributed by atoms with Crippen LogP contribution in [0.25, 0.3) is 0 Å². The molecule has 74 heavy (non-hydrogen) atoms. The highest BCUT2D eigenvalue weighted by molar-refractivity contribution is 5.71. The lowest BCUT2D eigenvalue weighted by Gasteiger charge is -2.18. The Morgan fingerprint density at radius 1 is 0.270 bits per heavy atom. The summed E-state index contributed by atoms with van der Waals surface area (Å²) >= 11 is 0. The summed E-state index contributed by atoms with van der Waals surface area (Å²) in [5.41, 5.74) is 0. The van der Waals surface area contributed by atoms with Gasteiger partial charge in [0, 0.05) is 19.3 Å². The van der Waals surface area contributed by atoms with E-state index in [1.165, 1.54) is 238 Å². The van der Waals surface area contributed by atoms with Crippen molar-refractivity contribution in [3.8, 4) is 0 Å². The summed E-state index contributed by atoms with van der Waals surface area (Å²) in [6.07, 6.45) is 77.4. The van der Waals surface area contributed by atoms with Crippen LogP contribution in [-0.2, 0) is 28.6 Å². The molecule has 0 spiro atoms. The summed E-state index contributed by atoms with van der Waals surface area (Å²) in [4.78, 5) is 38.3. The van der Waals surface area contributed by atoms with Crippen LogP contribution in [0.3, 0.4) is 0 Å². The van der Waals surface area contributed by atoms with Gasteiger partial charge in [0.25, 0.3) is 0 Å². The Bertz CT molecular complexity index is 1240. The molecule has 0 amide bonds. The summed E-state index contributed by atoms with van der Waals surface area (Å²) in [6.45, 7) is 6.63. The minimum Gasteiger partial charge on any atom is -0.462 e. The molecule has 434 valence electrons. The number of carbonyl (C=O) groups is 3. The van der Waals surface area contributed by atoms with Crippen LogP contribution in [0.15, 0.2) is 36.5 Å². The largest absolute Gasteiger partial charge is 0.462 e. The van der Waals surface area contributed by atoms with Crippen molar-refractivity contribution in [1.82, 2.24) is 0 Å². The molecule has 0 aliphatic rings. The molecule has 0 aliphatic heterocycles. The molecule has 0 heterocycles. The van der Waals surface area contributed by atoms with Crippen molar-refractivity contribution >= 4 is 17.9 Å². The Morgan fingerprint density at radius 2 is 0.500 bits per heavy atom. The number of ether oxygens (including phenoxy) is 3. The van der Waals surface area contributed by atoms with Crippen LogP contribution >= 0.6 is 0 Å². The topological polar surface area (TPSA) is 78.9 Å². The van der Waals surface area contributed by atoms with E-state index in [-0.39, 0.29) is 31.1 Å². The lowest BCUT2D eigenvalue weighted by molar-refractivity contribution is -0.167. The number of hydrogen-bond acceptors (Lipinski definition) is 6. The maximum absolute atomic E-state index is 12.9. The average molecular weight is 1040 g/mol. The first-order valence-electron chi connectivity index (χ1n) is 33.0. The molecule has 1 unspecified atom stereocenters. The van der Waals surface area contributed by atoms with Crippen molar-refractivity contribution in [3.05, 3.63) is 36.5 Å². The summed E-state index contributed by atoms with van der Waals surface area (Å²) in [5.74, 6) is -0.877. The molecule has 0 aliphatic carbocycles. The van der Waals surface area contributed by atoms with E-state index in [4.69, 9.17) is 14.2 Å². The predicted molar refractivity (Wildman–Crippen MR) is 321 cm³/mol. The van der Waals surface area contributed by atoms with Crippen LogP contribution < -0.4 is 0 Å². The van der Waals surface area contributed by atoms with Crippen LogP contribution in [0.1, 0.15) is 361 Å². The second-order valence-electron chi connectivity index (χ2n) is 22.4. The Morgan fingerprint density at radius 3 is 0.797 bits per heavy atom. The lowest BCUT2D eigenvalue weighted by Crippen LogP contribution is -2.30. The summed E-state index contributed by atoms with van der Waals surface area (Å²) < 4.78 is 16.9. The molecule has 0 rings (SSSR count). The number of unbranched alkanes of at least 4 members (excludes halogenated alkanes) is 44. The van der Waals surface area contributed by atoms with Gasteiger partial charge in [-0.05, 0) is 70.6 Å². The molecule has 0 fully saturated rings. The number of esters is 3. The number of hydrogen-bond donors (Lipinski definition) is 0. The fourth-order valence-corrected chi connectivity index (χ4v) is 9.87. The van der Waals surface area contributed by atoms with Gasteiger partial charge in [-0.25, -0.2) is 0 Å². The lowest BCUT2D eigenvalue weighted by atomic mass is 10.0. The van der Waals surface area contributed by atoms with Crippen LogP contribution in [0.5, 0.6) is 0 Å². The number of carbonyl (C=O) groups excluding carboxylic acids is 3. The number of allylic oxidation sites excluding steroid dienone is 6. The second-order valence-corrected chi connectivity index (χ2v) is 22.4. The molecule has 0 bridgehead atoms. The first-order valence-corrected chi connectivity index (χ1v) is 33.0. The normalized spacial score (nSPS) is 12.2. The zero-order valence-electron chi connectivity index (χ0n) is 49.9. The van der Waals surface area contributed by atoms with Crippen molar-refractivity contribution in [2.75, 3.05) is 13.2 Å². The first kappa shape index (κ1) is 71.6. The van der Waals surface area contributed by atoms with Gasteiger partial charge in [0.15, 0.2) is 6.10 Å². The molecular formula is C68H126O6. The molecule has 6 heteroatoms. The smallest absolute Gasteiger partial charge is 0.306 e. The number of rotatable bonds is 61. The molecule has 1 atom stereocenters. The highest BCUT2D eigenvalue weighted by atomic mass is 16.6. The maximum Gasteiger partial charge on any atom is 0.306 e. The van der Waals surface area contributed by atoms with Gasteiger partial charge < -0.3 is 14.2 Å².